The summed E-state index contributed by atoms with van der Waals surface area (Å²) in [7, 11) is -2.54. The first-order chi connectivity index (χ1) is 13.8. The average molecular weight is 426 g/mol. The summed E-state index contributed by atoms with van der Waals surface area (Å²) in [4.78, 5) is 20.8. The number of nitrogens with two attached hydrogens (primary N) is 1. The van der Waals surface area contributed by atoms with Crippen LogP contribution in [0.5, 0.6) is 0 Å². The molecule has 2 heterocycles. The zero-order chi connectivity index (χ0) is 21.0. The molecule has 11 nitrogen and oxygen atoms in total. The monoisotopic (exact) mass is 426 g/mol. The molecule has 1 aliphatic carbocycles. The highest BCUT2D eigenvalue weighted by Gasteiger charge is 2.34. The fourth-order valence-corrected chi connectivity index (χ4v) is 3.62. The molecule has 0 aromatic carbocycles. The van der Waals surface area contributed by atoms with Crippen molar-refractivity contribution in [1.29, 1.82) is 0 Å². The van der Waals surface area contributed by atoms with E-state index < -0.39 is 28.1 Å². The molecule has 0 radical (unpaired) electrons. The minimum Gasteiger partial charge on any atom is -0.460 e. The van der Waals surface area contributed by atoms with Crippen molar-refractivity contribution in [2.45, 2.75) is 31.6 Å². The lowest BCUT2D eigenvalue weighted by atomic mass is 10.1. The molecule has 12 heteroatoms. The predicted octanol–water partition coefficient (Wildman–Crippen LogP) is 0.219. The number of ketones is 1. The summed E-state index contributed by atoms with van der Waals surface area (Å²) in [5, 5.41) is 18.1. The molecule has 1 aliphatic rings. The summed E-state index contributed by atoms with van der Waals surface area (Å²) in [6.07, 6.45) is 4.07. The molecule has 0 unspecified atom stereocenters. The van der Waals surface area contributed by atoms with Gasteiger partial charge in [0.15, 0.2) is 5.76 Å². The van der Waals surface area contributed by atoms with Crippen LogP contribution in [0.2, 0.25) is 0 Å². The minimum atomic E-state index is -4.08. The molecular weight excluding hydrogens is 404 g/mol. The Morgan fingerprint density at radius 3 is 2.97 bits per heavy atom. The minimum absolute atomic E-state index is 0.126. The maximum absolute atomic E-state index is 12.8. The van der Waals surface area contributed by atoms with Gasteiger partial charge in [-0.2, -0.15) is 8.42 Å². The first kappa shape index (κ1) is 21.3. The van der Waals surface area contributed by atoms with Crippen LogP contribution in [0.4, 0.5) is 5.82 Å². The first-order valence-electron chi connectivity index (χ1n) is 8.79. The van der Waals surface area contributed by atoms with Crippen LogP contribution in [0.15, 0.2) is 29.3 Å². The third-order valence-electron chi connectivity index (χ3n) is 4.59. The van der Waals surface area contributed by atoms with Crippen molar-refractivity contribution in [3.05, 3.63) is 41.7 Å². The van der Waals surface area contributed by atoms with Crippen molar-refractivity contribution in [3.8, 4) is 0 Å². The van der Waals surface area contributed by atoms with Crippen molar-refractivity contribution in [1.82, 2.24) is 9.97 Å². The van der Waals surface area contributed by atoms with Gasteiger partial charge in [0.1, 0.15) is 12.1 Å². The smallest absolute Gasteiger partial charge is 0.333 e. The third-order valence-corrected chi connectivity index (χ3v) is 5.05. The Morgan fingerprint density at radius 2 is 2.24 bits per heavy atom. The zero-order valence-corrected chi connectivity index (χ0v) is 16.5. The highest BCUT2D eigenvalue weighted by Crippen LogP contribution is 2.30. The van der Waals surface area contributed by atoms with Crippen LogP contribution in [0.25, 0.3) is 0 Å². The van der Waals surface area contributed by atoms with Gasteiger partial charge in [-0.15, -0.1) is 0 Å². The van der Waals surface area contributed by atoms with Gasteiger partial charge in [0.2, 0.25) is 5.78 Å². The molecule has 158 valence electrons. The molecule has 29 heavy (non-hydrogen) atoms. The number of carbonyl (C=O) groups excluding carboxylic acids is 1. The second kappa shape index (κ2) is 8.97. The van der Waals surface area contributed by atoms with Crippen molar-refractivity contribution < 1.29 is 31.7 Å². The molecule has 4 N–H and O–H groups in total. The van der Waals surface area contributed by atoms with Crippen molar-refractivity contribution in [2.75, 3.05) is 19.0 Å². The zero-order valence-electron chi connectivity index (χ0n) is 15.6. The van der Waals surface area contributed by atoms with E-state index in [2.05, 4.69) is 19.5 Å². The van der Waals surface area contributed by atoms with Crippen molar-refractivity contribution in [3.63, 3.8) is 0 Å². The molecule has 0 aliphatic heterocycles. The number of ether oxygens (including phenoxy) is 1. The molecule has 3 atom stereocenters. The standard InChI is InChI=1S/C17H22N4O7S/c1-26-6-10-2-15(27-7-10)16(23)13-5-19-9-20-17(13)21-12-3-11(14(22)4-12)8-28-29(18,24)25/h2,5,7,9,11-12,14,22H,3-4,6,8H2,1H3,(H2,18,24,25)(H,19,20,21)/t11-,12-,14+/m1/s1. The normalized spacial score (nSPS) is 22.0. The summed E-state index contributed by atoms with van der Waals surface area (Å²) in [5.41, 5.74) is 0.934. The van der Waals surface area contributed by atoms with E-state index in [1.165, 1.54) is 18.8 Å². The maximum atomic E-state index is 12.8. The molecular formula is C17H22N4O7S. The van der Waals surface area contributed by atoms with Crippen molar-refractivity contribution >= 4 is 21.9 Å². The van der Waals surface area contributed by atoms with E-state index in [-0.39, 0.29) is 24.0 Å². The van der Waals surface area contributed by atoms with Crippen LogP contribution in [-0.4, -0.2) is 55.1 Å². The maximum Gasteiger partial charge on any atom is 0.333 e. The van der Waals surface area contributed by atoms with Gasteiger partial charge in [-0.1, -0.05) is 0 Å². The molecule has 0 amide bonds. The van der Waals surface area contributed by atoms with Crippen LogP contribution < -0.4 is 10.5 Å². The van der Waals surface area contributed by atoms with Crippen LogP contribution in [-0.2, 0) is 25.8 Å². The Bertz CT molecular complexity index is 962. The van der Waals surface area contributed by atoms with Gasteiger partial charge in [0.05, 0.1) is 31.1 Å². The van der Waals surface area contributed by atoms with E-state index in [0.717, 1.165) is 5.56 Å². The number of hydrogen-bond acceptors (Lipinski definition) is 10. The Kier molecular flexibility index (Phi) is 6.59. The second-order valence-electron chi connectivity index (χ2n) is 6.78. The van der Waals surface area contributed by atoms with Crippen LogP contribution in [0.3, 0.4) is 0 Å². The number of furan rings is 1. The lowest BCUT2D eigenvalue weighted by Gasteiger charge is -2.15. The van der Waals surface area contributed by atoms with Crippen LogP contribution >= 0.6 is 0 Å². The topological polar surface area (TPSA) is 167 Å². The summed E-state index contributed by atoms with van der Waals surface area (Å²) in [6.45, 7) is 0.0948. The Balaban J connectivity index is 1.70. The lowest BCUT2D eigenvalue weighted by Crippen LogP contribution is -2.24. The van der Waals surface area contributed by atoms with E-state index in [9.17, 15) is 18.3 Å². The number of nitrogens with one attached hydrogen (secondary N) is 1. The number of carbonyl (C=O) groups is 1. The summed E-state index contributed by atoms with van der Waals surface area (Å²) < 4.78 is 36.8. The van der Waals surface area contributed by atoms with E-state index in [1.807, 2.05) is 0 Å². The quantitative estimate of drug-likeness (QED) is 0.472. The Hall–Kier alpha value is -2.38. The number of aromatic nitrogens is 2. The average Bonchev–Trinajstić information content (AvgIpc) is 3.26. The third kappa shape index (κ3) is 5.58. The van der Waals surface area contributed by atoms with Gasteiger partial charge in [0, 0.05) is 30.8 Å². The number of anilines is 1. The fraction of sp³-hybridized carbons (Fsp3) is 0.471. The molecule has 0 saturated heterocycles. The van der Waals surface area contributed by atoms with Gasteiger partial charge in [-0.3, -0.25) is 8.98 Å². The molecule has 1 fully saturated rings. The highest BCUT2D eigenvalue weighted by atomic mass is 32.2. The van der Waals surface area contributed by atoms with Gasteiger partial charge in [0.25, 0.3) is 0 Å². The van der Waals surface area contributed by atoms with Gasteiger partial charge in [-0.25, -0.2) is 15.1 Å². The Morgan fingerprint density at radius 1 is 1.45 bits per heavy atom. The summed E-state index contributed by atoms with van der Waals surface area (Å²) >= 11 is 0. The summed E-state index contributed by atoms with van der Waals surface area (Å²) in [5.74, 6) is -0.405. The molecule has 0 spiro atoms. The molecule has 3 rings (SSSR count). The molecule has 0 bridgehead atoms. The molecule has 2 aromatic heterocycles. The fourth-order valence-electron chi connectivity index (χ4n) is 3.26. The predicted molar refractivity (Wildman–Crippen MR) is 100 cm³/mol. The number of hydrogen-bond donors (Lipinski definition) is 3. The lowest BCUT2D eigenvalue weighted by molar-refractivity contribution is 0.100. The first-order valence-corrected chi connectivity index (χ1v) is 10.3. The van der Waals surface area contributed by atoms with Crippen LogP contribution in [0, 0.1) is 5.92 Å². The number of rotatable bonds is 9. The van der Waals surface area contributed by atoms with E-state index >= 15 is 0 Å². The number of methoxy groups -OCH3 is 1. The van der Waals surface area contributed by atoms with Gasteiger partial charge >= 0.3 is 10.3 Å². The van der Waals surface area contributed by atoms with E-state index in [4.69, 9.17) is 14.3 Å². The van der Waals surface area contributed by atoms with E-state index in [0.29, 0.717) is 25.3 Å². The van der Waals surface area contributed by atoms with Gasteiger partial charge in [-0.05, 0) is 18.9 Å². The Labute approximate surface area is 167 Å². The SMILES string of the molecule is COCc1coc(C(=O)c2cncnc2N[C@@H]2C[C@H](COS(N)(=O)=O)[C@@H](O)C2)c1. The van der Waals surface area contributed by atoms with Gasteiger partial charge < -0.3 is 19.6 Å². The number of aliphatic hydroxyl groups excluding tert-OH is 1. The molecule has 1 saturated carbocycles. The number of aliphatic hydroxyl groups is 1. The van der Waals surface area contributed by atoms with Crippen LogP contribution in [0.1, 0.15) is 34.5 Å². The summed E-state index contributed by atoms with van der Waals surface area (Å²) in [6, 6.07) is 1.34. The number of nitrogens with zero attached hydrogens (tertiary/aromatic N) is 2. The second-order valence-corrected chi connectivity index (χ2v) is 8.01. The molecule has 2 aromatic rings. The van der Waals surface area contributed by atoms with Crippen molar-refractivity contribution in [2.24, 2.45) is 11.1 Å². The highest BCUT2D eigenvalue weighted by molar-refractivity contribution is 7.84. The largest absolute Gasteiger partial charge is 0.460 e. The van der Waals surface area contributed by atoms with E-state index in [1.54, 1.807) is 13.2 Å².